The molecule has 0 unspecified atom stereocenters. The SMILES string of the molecule is CN(C)C(=O)c1ccc(C(=O)Nc2cc(F)c(=O)n(CCF)c2)s1. The van der Waals surface area contributed by atoms with Gasteiger partial charge in [0, 0.05) is 26.4 Å². The maximum Gasteiger partial charge on any atom is 0.286 e. The van der Waals surface area contributed by atoms with Crippen molar-refractivity contribution in [2.75, 3.05) is 26.1 Å². The zero-order valence-electron chi connectivity index (χ0n) is 13.0. The van der Waals surface area contributed by atoms with Gasteiger partial charge in [0.2, 0.25) is 0 Å². The van der Waals surface area contributed by atoms with E-state index in [0.717, 1.165) is 22.0 Å². The van der Waals surface area contributed by atoms with Gasteiger partial charge in [0.25, 0.3) is 17.4 Å². The van der Waals surface area contributed by atoms with E-state index in [0.29, 0.717) is 4.88 Å². The van der Waals surface area contributed by atoms with Gasteiger partial charge in [0.15, 0.2) is 5.82 Å². The highest BCUT2D eigenvalue weighted by atomic mass is 32.1. The number of nitrogens with one attached hydrogen (secondary N) is 1. The molecular formula is C15H15F2N3O3S. The molecular weight excluding hydrogens is 340 g/mol. The Kier molecular flexibility index (Phi) is 5.45. The summed E-state index contributed by atoms with van der Waals surface area (Å²) in [7, 11) is 3.19. The fraction of sp³-hybridized carbons (Fsp3) is 0.267. The van der Waals surface area contributed by atoms with Gasteiger partial charge in [-0.3, -0.25) is 14.4 Å². The second-order valence-corrected chi connectivity index (χ2v) is 6.17. The number of nitrogens with zero attached hydrogens (tertiary/aromatic N) is 2. The molecule has 2 aromatic heterocycles. The van der Waals surface area contributed by atoms with Gasteiger partial charge in [0.05, 0.1) is 22.0 Å². The second-order valence-electron chi connectivity index (χ2n) is 5.08. The number of hydrogen-bond acceptors (Lipinski definition) is 4. The number of anilines is 1. The average Bonchev–Trinajstić information content (AvgIpc) is 3.01. The molecule has 9 heteroatoms. The molecule has 0 bridgehead atoms. The Morgan fingerprint density at radius 2 is 1.96 bits per heavy atom. The van der Waals surface area contributed by atoms with Gasteiger partial charge in [-0.1, -0.05) is 0 Å². The molecule has 0 spiro atoms. The zero-order chi connectivity index (χ0) is 17.9. The van der Waals surface area contributed by atoms with Crippen molar-refractivity contribution in [2.45, 2.75) is 6.54 Å². The van der Waals surface area contributed by atoms with Crippen molar-refractivity contribution in [1.82, 2.24) is 9.47 Å². The Labute approximate surface area is 140 Å². The second kappa shape index (κ2) is 7.35. The number of rotatable bonds is 5. The quantitative estimate of drug-likeness (QED) is 0.891. The number of carbonyl (C=O) groups is 2. The van der Waals surface area contributed by atoms with Gasteiger partial charge >= 0.3 is 0 Å². The largest absolute Gasteiger partial charge is 0.344 e. The van der Waals surface area contributed by atoms with Crippen LogP contribution in [0.4, 0.5) is 14.5 Å². The smallest absolute Gasteiger partial charge is 0.286 e. The molecule has 0 aliphatic rings. The molecule has 2 aromatic rings. The number of amides is 2. The van der Waals surface area contributed by atoms with E-state index in [4.69, 9.17) is 0 Å². The molecule has 2 rings (SSSR count). The van der Waals surface area contributed by atoms with Gasteiger partial charge in [-0.2, -0.15) is 0 Å². The molecule has 0 radical (unpaired) electrons. The summed E-state index contributed by atoms with van der Waals surface area (Å²) in [6.07, 6.45) is 1.17. The Morgan fingerprint density at radius 1 is 1.29 bits per heavy atom. The standard InChI is InChI=1S/C15H15F2N3O3S/c1-19(2)15(23)12-4-3-11(24-12)13(21)18-9-7-10(17)14(22)20(8-9)6-5-16/h3-4,7-8H,5-6H2,1-2H3,(H,18,21). The van der Waals surface area contributed by atoms with Gasteiger partial charge < -0.3 is 14.8 Å². The van der Waals surface area contributed by atoms with Gasteiger partial charge in [-0.25, -0.2) is 8.78 Å². The fourth-order valence-electron chi connectivity index (χ4n) is 1.91. The number of thiophene rings is 1. The highest BCUT2D eigenvalue weighted by molar-refractivity contribution is 7.16. The zero-order valence-corrected chi connectivity index (χ0v) is 13.8. The van der Waals surface area contributed by atoms with E-state index >= 15 is 0 Å². The van der Waals surface area contributed by atoms with Crippen LogP contribution in [0.15, 0.2) is 29.2 Å². The minimum Gasteiger partial charge on any atom is -0.344 e. The first-order valence-electron chi connectivity index (χ1n) is 6.92. The number of carbonyl (C=O) groups excluding carboxylic acids is 2. The van der Waals surface area contributed by atoms with Gasteiger partial charge in [-0.05, 0) is 12.1 Å². The third-order valence-electron chi connectivity index (χ3n) is 3.07. The highest BCUT2D eigenvalue weighted by Crippen LogP contribution is 2.19. The minimum absolute atomic E-state index is 0.0273. The molecule has 0 aliphatic carbocycles. The van der Waals surface area contributed by atoms with Crippen LogP contribution in [0.25, 0.3) is 0 Å². The maximum atomic E-state index is 13.6. The lowest BCUT2D eigenvalue weighted by Gasteiger charge is -2.08. The van der Waals surface area contributed by atoms with Gasteiger partial charge in [-0.15, -0.1) is 11.3 Å². The monoisotopic (exact) mass is 355 g/mol. The fourth-order valence-corrected chi connectivity index (χ4v) is 2.84. The van der Waals surface area contributed by atoms with Gasteiger partial charge in [0.1, 0.15) is 6.67 Å². The summed E-state index contributed by atoms with van der Waals surface area (Å²) in [6.45, 7) is -1.14. The Morgan fingerprint density at radius 3 is 2.58 bits per heavy atom. The van der Waals surface area contributed by atoms with Crippen molar-refractivity contribution in [3.8, 4) is 0 Å². The maximum absolute atomic E-state index is 13.6. The van der Waals surface area contributed by atoms with Crippen LogP contribution in [0.2, 0.25) is 0 Å². The summed E-state index contributed by atoms with van der Waals surface area (Å²) >= 11 is 0.993. The summed E-state index contributed by atoms with van der Waals surface area (Å²) in [5, 5.41) is 2.43. The first-order chi connectivity index (χ1) is 11.3. The van der Waals surface area contributed by atoms with E-state index in [1.807, 2.05) is 0 Å². The summed E-state index contributed by atoms with van der Waals surface area (Å²) in [6, 6.07) is 3.87. The summed E-state index contributed by atoms with van der Waals surface area (Å²) < 4.78 is 26.8. The molecule has 128 valence electrons. The number of halogens is 2. The molecule has 0 saturated carbocycles. The summed E-state index contributed by atoms with van der Waals surface area (Å²) in [5.74, 6) is -1.87. The molecule has 6 nitrogen and oxygen atoms in total. The molecule has 0 aromatic carbocycles. The topological polar surface area (TPSA) is 71.4 Å². The van der Waals surface area contributed by atoms with E-state index in [-0.39, 0.29) is 23.0 Å². The van der Waals surface area contributed by atoms with Crippen LogP contribution < -0.4 is 10.9 Å². The number of alkyl halides is 1. The van der Waals surface area contributed by atoms with Crippen LogP contribution in [0.1, 0.15) is 19.3 Å². The van der Waals surface area contributed by atoms with Crippen molar-refractivity contribution < 1.29 is 18.4 Å². The third kappa shape index (κ3) is 3.85. The van der Waals surface area contributed by atoms with Crippen molar-refractivity contribution in [3.63, 3.8) is 0 Å². The van der Waals surface area contributed by atoms with E-state index in [1.165, 1.54) is 23.2 Å². The lowest BCUT2D eigenvalue weighted by Crippen LogP contribution is -2.24. The predicted octanol–water partition coefficient (Wildman–Crippen LogP) is 1.97. The third-order valence-corrected chi connectivity index (χ3v) is 4.14. The van der Waals surface area contributed by atoms with Crippen LogP contribution in [0.5, 0.6) is 0 Å². The molecule has 0 fully saturated rings. The summed E-state index contributed by atoms with van der Waals surface area (Å²) in [4.78, 5) is 37.5. The number of pyridine rings is 1. The lowest BCUT2D eigenvalue weighted by atomic mass is 10.3. The van der Waals surface area contributed by atoms with E-state index in [9.17, 15) is 23.2 Å². The Bertz CT molecular complexity index is 830. The van der Waals surface area contributed by atoms with Crippen LogP contribution >= 0.6 is 11.3 Å². The molecule has 2 amide bonds. The van der Waals surface area contributed by atoms with E-state index < -0.39 is 24.0 Å². The van der Waals surface area contributed by atoms with Crippen LogP contribution in [0.3, 0.4) is 0 Å². The van der Waals surface area contributed by atoms with Crippen LogP contribution in [0, 0.1) is 5.82 Å². The number of aryl methyl sites for hydroxylation is 1. The molecule has 24 heavy (non-hydrogen) atoms. The Hall–Kier alpha value is -2.55. The van der Waals surface area contributed by atoms with Crippen LogP contribution in [-0.4, -0.2) is 42.1 Å². The van der Waals surface area contributed by atoms with Crippen molar-refractivity contribution in [2.24, 2.45) is 0 Å². The lowest BCUT2D eigenvalue weighted by molar-refractivity contribution is 0.0832. The summed E-state index contributed by atoms with van der Waals surface area (Å²) in [5.41, 5.74) is -0.930. The first-order valence-corrected chi connectivity index (χ1v) is 7.74. The number of aromatic nitrogens is 1. The molecule has 1 N–H and O–H groups in total. The van der Waals surface area contributed by atoms with E-state index in [2.05, 4.69) is 5.32 Å². The van der Waals surface area contributed by atoms with Crippen molar-refractivity contribution >= 4 is 28.8 Å². The molecule has 0 atom stereocenters. The van der Waals surface area contributed by atoms with Crippen molar-refractivity contribution in [3.05, 3.63) is 50.3 Å². The normalized spacial score (nSPS) is 10.5. The average molecular weight is 355 g/mol. The predicted molar refractivity (Wildman–Crippen MR) is 86.9 cm³/mol. The molecule has 0 saturated heterocycles. The minimum atomic E-state index is -1.09. The number of hydrogen-bond donors (Lipinski definition) is 1. The highest BCUT2D eigenvalue weighted by Gasteiger charge is 2.16. The molecule has 2 heterocycles. The Balaban J connectivity index is 2.21. The van der Waals surface area contributed by atoms with Crippen LogP contribution in [-0.2, 0) is 6.54 Å². The first kappa shape index (κ1) is 17.8. The molecule has 0 aliphatic heterocycles. The van der Waals surface area contributed by atoms with E-state index in [1.54, 1.807) is 14.1 Å². The van der Waals surface area contributed by atoms with Crippen molar-refractivity contribution in [1.29, 1.82) is 0 Å².